The number of nitrogens with zero attached hydrogens (tertiary/aromatic N) is 3. The Morgan fingerprint density at radius 3 is 2.43 bits per heavy atom. The lowest BCUT2D eigenvalue weighted by atomic mass is 10.1. The molecule has 2 N–H and O–H groups in total. The summed E-state index contributed by atoms with van der Waals surface area (Å²) in [5.41, 5.74) is 7.41. The van der Waals surface area contributed by atoms with Crippen molar-refractivity contribution in [3.05, 3.63) is 48.0 Å². The van der Waals surface area contributed by atoms with Crippen molar-refractivity contribution >= 4 is 11.6 Å². The van der Waals surface area contributed by atoms with Gasteiger partial charge in [-0.3, -0.25) is 0 Å². The minimum Gasteiger partial charge on any atom is -0.327 e. The molecule has 0 aliphatic rings. The lowest BCUT2D eigenvalue weighted by Gasteiger charge is -2.21. The maximum absolute atomic E-state index is 13.9. The topological polar surface area (TPSA) is 55.0 Å². The van der Waals surface area contributed by atoms with E-state index in [-0.39, 0.29) is 11.9 Å². The zero-order valence-electron chi connectivity index (χ0n) is 12.5. The first-order valence-corrected chi connectivity index (χ1v) is 7.24. The number of halogens is 1. The van der Waals surface area contributed by atoms with Crippen LogP contribution in [0.15, 0.2) is 36.7 Å². The average molecular weight is 288 g/mol. The standard InChI is InChI=1S/C16H21FN4/c1-3-13(18)9-12-10-19-16(20-11-12)21(4-2)15-8-6-5-7-14(15)17/h5-8,10-11,13H,3-4,9,18H2,1-2H3. The molecule has 4 nitrogen and oxygen atoms in total. The van der Waals surface area contributed by atoms with Crippen molar-refractivity contribution in [2.24, 2.45) is 5.73 Å². The number of anilines is 2. The molecule has 112 valence electrons. The molecular weight excluding hydrogens is 267 g/mol. The minimum atomic E-state index is -0.278. The Bertz CT molecular complexity index is 571. The Morgan fingerprint density at radius 1 is 1.19 bits per heavy atom. The van der Waals surface area contributed by atoms with E-state index < -0.39 is 0 Å². The van der Waals surface area contributed by atoms with Crippen LogP contribution >= 0.6 is 0 Å². The highest BCUT2D eigenvalue weighted by atomic mass is 19.1. The monoisotopic (exact) mass is 288 g/mol. The lowest BCUT2D eigenvalue weighted by Crippen LogP contribution is -2.22. The van der Waals surface area contributed by atoms with Gasteiger partial charge in [-0.1, -0.05) is 19.1 Å². The zero-order chi connectivity index (χ0) is 15.2. The number of hydrogen-bond acceptors (Lipinski definition) is 4. The van der Waals surface area contributed by atoms with Gasteiger partial charge in [0.05, 0.1) is 5.69 Å². The fourth-order valence-corrected chi connectivity index (χ4v) is 2.13. The quantitative estimate of drug-likeness (QED) is 0.887. The van der Waals surface area contributed by atoms with Gasteiger partial charge in [-0.05, 0) is 37.5 Å². The number of aromatic nitrogens is 2. The molecule has 1 aromatic heterocycles. The van der Waals surface area contributed by atoms with E-state index >= 15 is 0 Å². The molecule has 0 fully saturated rings. The third kappa shape index (κ3) is 3.76. The molecule has 0 radical (unpaired) electrons. The van der Waals surface area contributed by atoms with Crippen LogP contribution in [0.3, 0.4) is 0 Å². The van der Waals surface area contributed by atoms with Gasteiger partial charge in [0.15, 0.2) is 0 Å². The summed E-state index contributed by atoms with van der Waals surface area (Å²) in [7, 11) is 0. The predicted octanol–water partition coefficient (Wildman–Crippen LogP) is 3.05. The molecule has 5 heteroatoms. The first kappa shape index (κ1) is 15.4. The molecule has 0 aliphatic heterocycles. The van der Waals surface area contributed by atoms with Gasteiger partial charge in [-0.15, -0.1) is 0 Å². The van der Waals surface area contributed by atoms with Gasteiger partial charge in [0.25, 0.3) is 0 Å². The molecule has 0 saturated carbocycles. The van der Waals surface area contributed by atoms with Crippen LogP contribution in [0, 0.1) is 5.82 Å². The number of rotatable bonds is 6. The molecule has 2 rings (SSSR count). The summed E-state index contributed by atoms with van der Waals surface area (Å²) >= 11 is 0. The van der Waals surface area contributed by atoms with Gasteiger partial charge in [-0.25, -0.2) is 14.4 Å². The Morgan fingerprint density at radius 2 is 1.86 bits per heavy atom. The van der Waals surface area contributed by atoms with E-state index in [2.05, 4.69) is 16.9 Å². The first-order valence-electron chi connectivity index (χ1n) is 7.24. The van der Waals surface area contributed by atoms with E-state index in [9.17, 15) is 4.39 Å². The second-order valence-electron chi connectivity index (χ2n) is 4.96. The fraction of sp³-hybridized carbons (Fsp3) is 0.375. The van der Waals surface area contributed by atoms with Crippen LogP contribution in [0.4, 0.5) is 16.0 Å². The first-order chi connectivity index (χ1) is 10.2. The van der Waals surface area contributed by atoms with Crippen molar-refractivity contribution in [1.82, 2.24) is 9.97 Å². The average Bonchev–Trinajstić information content (AvgIpc) is 2.51. The maximum atomic E-state index is 13.9. The largest absolute Gasteiger partial charge is 0.327 e. The maximum Gasteiger partial charge on any atom is 0.229 e. The molecule has 0 spiro atoms. The van der Waals surface area contributed by atoms with Crippen LogP contribution in [0.25, 0.3) is 0 Å². The molecule has 0 amide bonds. The molecule has 1 unspecified atom stereocenters. The fourth-order valence-electron chi connectivity index (χ4n) is 2.13. The van der Waals surface area contributed by atoms with E-state index in [1.54, 1.807) is 35.5 Å². The summed E-state index contributed by atoms with van der Waals surface area (Å²) in [6.07, 6.45) is 5.20. The normalized spacial score (nSPS) is 12.2. The molecular formula is C16H21FN4. The van der Waals surface area contributed by atoms with E-state index in [4.69, 9.17) is 5.73 Å². The molecule has 2 aromatic rings. The Balaban J connectivity index is 2.22. The number of nitrogens with two attached hydrogens (primary N) is 1. The van der Waals surface area contributed by atoms with Crippen molar-refractivity contribution in [3.63, 3.8) is 0 Å². The van der Waals surface area contributed by atoms with Crippen LogP contribution < -0.4 is 10.6 Å². The van der Waals surface area contributed by atoms with E-state index in [1.165, 1.54) is 6.07 Å². The summed E-state index contributed by atoms with van der Waals surface area (Å²) in [4.78, 5) is 10.4. The van der Waals surface area contributed by atoms with Crippen molar-refractivity contribution in [2.45, 2.75) is 32.7 Å². The number of hydrogen-bond donors (Lipinski definition) is 1. The number of benzene rings is 1. The summed E-state index contributed by atoms with van der Waals surface area (Å²) < 4.78 is 13.9. The summed E-state index contributed by atoms with van der Waals surface area (Å²) in [6, 6.07) is 6.75. The summed E-state index contributed by atoms with van der Waals surface area (Å²) in [5, 5.41) is 0. The van der Waals surface area contributed by atoms with E-state index in [0.29, 0.717) is 18.2 Å². The van der Waals surface area contributed by atoms with E-state index in [0.717, 1.165) is 18.4 Å². The molecule has 0 saturated heterocycles. The van der Waals surface area contributed by atoms with Gasteiger partial charge < -0.3 is 10.6 Å². The van der Waals surface area contributed by atoms with Crippen molar-refractivity contribution in [2.75, 3.05) is 11.4 Å². The van der Waals surface area contributed by atoms with Gasteiger partial charge in [0.1, 0.15) is 5.82 Å². The van der Waals surface area contributed by atoms with Gasteiger partial charge in [0.2, 0.25) is 5.95 Å². The van der Waals surface area contributed by atoms with Crippen molar-refractivity contribution in [1.29, 1.82) is 0 Å². The van der Waals surface area contributed by atoms with Crippen LogP contribution in [0.5, 0.6) is 0 Å². The SMILES string of the molecule is CCC(N)Cc1cnc(N(CC)c2ccccc2F)nc1. The smallest absolute Gasteiger partial charge is 0.229 e. The highest BCUT2D eigenvalue weighted by Gasteiger charge is 2.14. The summed E-state index contributed by atoms with van der Waals surface area (Å²) in [5.74, 6) is 0.219. The predicted molar refractivity (Wildman–Crippen MR) is 83.1 cm³/mol. The molecule has 21 heavy (non-hydrogen) atoms. The molecule has 1 atom stereocenters. The minimum absolute atomic E-state index is 0.119. The summed E-state index contributed by atoms with van der Waals surface area (Å²) in [6.45, 7) is 4.59. The van der Waals surface area contributed by atoms with Crippen LogP contribution in [-0.4, -0.2) is 22.6 Å². The van der Waals surface area contributed by atoms with Crippen molar-refractivity contribution in [3.8, 4) is 0 Å². The molecule has 1 heterocycles. The van der Waals surface area contributed by atoms with Crippen LogP contribution in [-0.2, 0) is 6.42 Å². The lowest BCUT2D eigenvalue weighted by molar-refractivity contribution is 0.624. The highest BCUT2D eigenvalue weighted by molar-refractivity contribution is 5.57. The molecule has 0 aliphatic carbocycles. The van der Waals surface area contributed by atoms with Crippen LogP contribution in [0.1, 0.15) is 25.8 Å². The Kier molecular flexibility index (Phi) is 5.22. The van der Waals surface area contributed by atoms with Crippen molar-refractivity contribution < 1.29 is 4.39 Å². The molecule has 0 bridgehead atoms. The second-order valence-corrected chi connectivity index (χ2v) is 4.96. The second kappa shape index (κ2) is 7.13. The van der Waals surface area contributed by atoms with Gasteiger partial charge >= 0.3 is 0 Å². The Labute approximate surface area is 124 Å². The van der Waals surface area contributed by atoms with Gasteiger partial charge in [-0.2, -0.15) is 0 Å². The van der Waals surface area contributed by atoms with Gasteiger partial charge in [0, 0.05) is 25.0 Å². The Hall–Kier alpha value is -2.01. The van der Waals surface area contributed by atoms with E-state index in [1.807, 2.05) is 6.92 Å². The van der Waals surface area contributed by atoms with Crippen LogP contribution in [0.2, 0.25) is 0 Å². The third-order valence-corrected chi connectivity index (χ3v) is 3.41. The number of para-hydroxylation sites is 1. The highest BCUT2D eigenvalue weighted by Crippen LogP contribution is 2.24. The third-order valence-electron chi connectivity index (χ3n) is 3.41. The zero-order valence-corrected chi connectivity index (χ0v) is 12.5. The molecule has 1 aromatic carbocycles.